The van der Waals surface area contributed by atoms with Crippen LogP contribution in [0, 0.1) is 11.8 Å². The quantitative estimate of drug-likeness (QED) is 0.807. The molecule has 1 saturated heterocycles. The summed E-state index contributed by atoms with van der Waals surface area (Å²) in [7, 11) is 0. The standard InChI is InChI=1S/C15H17NO2S/c17-9-3-6-12-5-1-2-8-14(12)15(18)16-13-7-4-10-19-11-13/h1-2,5,8,13,17H,4,7,9-11H2,(H,16,18). The third kappa shape index (κ3) is 4.02. The number of carbonyl (C=O) groups is 1. The van der Waals surface area contributed by atoms with E-state index in [9.17, 15) is 4.79 Å². The van der Waals surface area contributed by atoms with Gasteiger partial charge in [0.05, 0.1) is 5.56 Å². The number of carbonyl (C=O) groups excluding carboxylic acids is 1. The van der Waals surface area contributed by atoms with Gasteiger partial charge in [0.25, 0.3) is 5.91 Å². The van der Waals surface area contributed by atoms with Crippen molar-refractivity contribution >= 4 is 17.7 Å². The average Bonchev–Trinajstić information content (AvgIpc) is 2.46. The van der Waals surface area contributed by atoms with E-state index in [4.69, 9.17) is 5.11 Å². The zero-order chi connectivity index (χ0) is 13.5. The van der Waals surface area contributed by atoms with Crippen molar-refractivity contribution in [3.63, 3.8) is 0 Å². The van der Waals surface area contributed by atoms with E-state index in [1.54, 1.807) is 12.1 Å². The van der Waals surface area contributed by atoms with Crippen LogP contribution in [0.1, 0.15) is 28.8 Å². The van der Waals surface area contributed by atoms with Gasteiger partial charge in [0.15, 0.2) is 0 Å². The fourth-order valence-corrected chi connectivity index (χ4v) is 3.11. The smallest absolute Gasteiger partial charge is 0.252 e. The minimum atomic E-state index is -0.199. The summed E-state index contributed by atoms with van der Waals surface area (Å²) in [6.45, 7) is -0.199. The first kappa shape index (κ1) is 14.0. The van der Waals surface area contributed by atoms with Gasteiger partial charge in [0.1, 0.15) is 6.61 Å². The van der Waals surface area contributed by atoms with E-state index >= 15 is 0 Å². The third-order valence-corrected chi connectivity index (χ3v) is 4.18. The normalized spacial score (nSPS) is 18.3. The molecule has 100 valence electrons. The lowest BCUT2D eigenvalue weighted by atomic mass is 10.1. The van der Waals surface area contributed by atoms with Crippen LogP contribution in [-0.4, -0.2) is 35.2 Å². The van der Waals surface area contributed by atoms with Crippen molar-refractivity contribution < 1.29 is 9.90 Å². The van der Waals surface area contributed by atoms with Crippen molar-refractivity contribution in [1.82, 2.24) is 5.32 Å². The molecule has 1 unspecified atom stereocenters. The largest absolute Gasteiger partial charge is 0.384 e. The molecule has 0 radical (unpaired) electrons. The second-order valence-electron chi connectivity index (χ2n) is 4.39. The Balaban J connectivity index is 2.09. The van der Waals surface area contributed by atoms with Crippen LogP contribution in [0.15, 0.2) is 24.3 Å². The Morgan fingerprint density at radius 2 is 2.32 bits per heavy atom. The number of amides is 1. The predicted octanol–water partition coefficient (Wildman–Crippen LogP) is 1.66. The van der Waals surface area contributed by atoms with Gasteiger partial charge in [-0.15, -0.1) is 0 Å². The van der Waals surface area contributed by atoms with Gasteiger partial charge in [0, 0.05) is 17.4 Å². The number of aliphatic hydroxyl groups excluding tert-OH is 1. The van der Waals surface area contributed by atoms with Crippen LogP contribution in [-0.2, 0) is 0 Å². The fraction of sp³-hybridized carbons (Fsp3) is 0.400. The number of nitrogens with one attached hydrogen (secondary N) is 1. The lowest BCUT2D eigenvalue weighted by Gasteiger charge is -2.22. The summed E-state index contributed by atoms with van der Waals surface area (Å²) in [5.74, 6) is 7.49. The van der Waals surface area contributed by atoms with Crippen LogP contribution in [0.4, 0.5) is 0 Å². The SMILES string of the molecule is O=C(NC1CCCSC1)c1ccccc1C#CCO. The van der Waals surface area contributed by atoms with E-state index in [0.29, 0.717) is 11.1 Å². The Bertz CT molecular complexity index is 498. The summed E-state index contributed by atoms with van der Waals surface area (Å²) in [4.78, 5) is 12.2. The average molecular weight is 275 g/mol. The molecule has 1 aromatic rings. The summed E-state index contributed by atoms with van der Waals surface area (Å²) in [5, 5.41) is 11.8. The number of hydrogen-bond donors (Lipinski definition) is 2. The highest BCUT2D eigenvalue weighted by Crippen LogP contribution is 2.17. The van der Waals surface area contributed by atoms with Gasteiger partial charge in [0.2, 0.25) is 0 Å². The molecular formula is C15H17NO2S. The van der Waals surface area contributed by atoms with Gasteiger partial charge in [-0.2, -0.15) is 11.8 Å². The zero-order valence-corrected chi connectivity index (χ0v) is 11.5. The molecule has 4 heteroatoms. The van der Waals surface area contributed by atoms with E-state index < -0.39 is 0 Å². The third-order valence-electron chi connectivity index (χ3n) is 2.97. The van der Waals surface area contributed by atoms with Gasteiger partial charge in [-0.25, -0.2) is 0 Å². The number of aliphatic hydroxyl groups is 1. The van der Waals surface area contributed by atoms with Crippen LogP contribution >= 0.6 is 11.8 Å². The second kappa shape index (κ2) is 7.22. The van der Waals surface area contributed by atoms with E-state index in [1.807, 2.05) is 23.9 Å². The van der Waals surface area contributed by atoms with Crippen LogP contribution in [0.3, 0.4) is 0 Å². The minimum absolute atomic E-state index is 0.0738. The summed E-state index contributed by atoms with van der Waals surface area (Å²) < 4.78 is 0. The molecule has 0 saturated carbocycles. The first-order valence-electron chi connectivity index (χ1n) is 6.38. The molecular weight excluding hydrogens is 258 g/mol. The summed E-state index contributed by atoms with van der Waals surface area (Å²) in [6.07, 6.45) is 2.20. The molecule has 1 aromatic carbocycles. The zero-order valence-electron chi connectivity index (χ0n) is 10.7. The lowest BCUT2D eigenvalue weighted by Crippen LogP contribution is -2.38. The van der Waals surface area contributed by atoms with Gasteiger partial charge in [-0.3, -0.25) is 4.79 Å². The monoisotopic (exact) mass is 275 g/mol. The Morgan fingerprint density at radius 3 is 3.05 bits per heavy atom. The number of thioether (sulfide) groups is 1. The van der Waals surface area contributed by atoms with Crippen LogP contribution in [0.2, 0.25) is 0 Å². The number of rotatable bonds is 2. The lowest BCUT2D eigenvalue weighted by molar-refractivity contribution is 0.0938. The Morgan fingerprint density at radius 1 is 1.47 bits per heavy atom. The molecule has 0 aliphatic carbocycles. The van der Waals surface area contributed by atoms with Gasteiger partial charge < -0.3 is 10.4 Å². The molecule has 2 rings (SSSR count). The molecule has 0 aromatic heterocycles. The molecule has 1 heterocycles. The molecule has 1 aliphatic rings. The van der Waals surface area contributed by atoms with E-state index in [2.05, 4.69) is 17.2 Å². The van der Waals surface area contributed by atoms with Crippen molar-refractivity contribution in [1.29, 1.82) is 0 Å². The Labute approximate surface area is 117 Å². The van der Waals surface area contributed by atoms with Crippen LogP contribution < -0.4 is 5.32 Å². The predicted molar refractivity (Wildman–Crippen MR) is 78.2 cm³/mol. The van der Waals surface area contributed by atoms with Gasteiger partial charge >= 0.3 is 0 Å². The van der Waals surface area contributed by atoms with Crippen molar-refractivity contribution in [3.8, 4) is 11.8 Å². The molecule has 0 bridgehead atoms. The maximum atomic E-state index is 12.2. The fourth-order valence-electron chi connectivity index (χ4n) is 2.04. The molecule has 3 nitrogen and oxygen atoms in total. The molecule has 19 heavy (non-hydrogen) atoms. The molecule has 1 atom stereocenters. The van der Waals surface area contributed by atoms with Crippen molar-refractivity contribution in [2.45, 2.75) is 18.9 Å². The van der Waals surface area contributed by atoms with Gasteiger partial charge in [-0.05, 0) is 30.7 Å². The van der Waals surface area contributed by atoms with E-state index in [-0.39, 0.29) is 18.6 Å². The molecule has 1 aliphatic heterocycles. The highest BCUT2D eigenvalue weighted by molar-refractivity contribution is 7.99. The van der Waals surface area contributed by atoms with Crippen LogP contribution in [0.25, 0.3) is 0 Å². The Hall–Kier alpha value is -1.44. The molecule has 1 amide bonds. The summed E-state index contributed by atoms with van der Waals surface area (Å²) in [6, 6.07) is 7.49. The molecule has 1 fully saturated rings. The van der Waals surface area contributed by atoms with Crippen molar-refractivity contribution in [2.24, 2.45) is 0 Å². The first-order chi connectivity index (χ1) is 9.31. The van der Waals surface area contributed by atoms with Crippen molar-refractivity contribution in [3.05, 3.63) is 35.4 Å². The first-order valence-corrected chi connectivity index (χ1v) is 7.54. The minimum Gasteiger partial charge on any atom is -0.384 e. The summed E-state index contributed by atoms with van der Waals surface area (Å²) in [5.41, 5.74) is 1.25. The van der Waals surface area contributed by atoms with E-state index in [1.165, 1.54) is 5.75 Å². The summed E-state index contributed by atoms with van der Waals surface area (Å²) >= 11 is 1.88. The van der Waals surface area contributed by atoms with E-state index in [0.717, 1.165) is 18.6 Å². The van der Waals surface area contributed by atoms with Gasteiger partial charge in [-0.1, -0.05) is 24.0 Å². The van der Waals surface area contributed by atoms with Crippen LogP contribution in [0.5, 0.6) is 0 Å². The highest BCUT2D eigenvalue weighted by Gasteiger charge is 2.18. The highest BCUT2D eigenvalue weighted by atomic mass is 32.2. The Kier molecular flexibility index (Phi) is 5.31. The topological polar surface area (TPSA) is 49.3 Å². The molecule has 0 spiro atoms. The second-order valence-corrected chi connectivity index (χ2v) is 5.54. The van der Waals surface area contributed by atoms with Crippen molar-refractivity contribution in [2.75, 3.05) is 18.1 Å². The maximum absolute atomic E-state index is 12.2. The maximum Gasteiger partial charge on any atom is 0.252 e. The molecule has 2 N–H and O–H groups in total. The number of hydrogen-bond acceptors (Lipinski definition) is 3. The number of benzene rings is 1.